The predicted octanol–water partition coefficient (Wildman–Crippen LogP) is 2.67. The van der Waals surface area contributed by atoms with E-state index >= 15 is 0 Å². The number of fused-ring (bicyclic) bond motifs is 1. The van der Waals surface area contributed by atoms with Crippen molar-refractivity contribution in [1.29, 1.82) is 0 Å². The summed E-state index contributed by atoms with van der Waals surface area (Å²) in [6.45, 7) is 6.60. The smallest absolute Gasteiger partial charge is 0.306 e. The molecule has 0 saturated heterocycles. The number of anilines is 1. The maximum absolute atomic E-state index is 11.3. The van der Waals surface area contributed by atoms with E-state index in [1.54, 1.807) is 12.4 Å². The van der Waals surface area contributed by atoms with Crippen molar-refractivity contribution in [2.75, 3.05) is 5.32 Å². The van der Waals surface area contributed by atoms with Crippen LogP contribution in [-0.4, -0.2) is 46.1 Å². The highest BCUT2D eigenvalue weighted by Gasteiger charge is 2.39. The second-order valence-corrected chi connectivity index (χ2v) is 7.56. The second kappa shape index (κ2) is 6.81. The molecule has 0 aromatic carbocycles. The summed E-state index contributed by atoms with van der Waals surface area (Å²) in [7, 11) is 0. The number of nitrogens with one attached hydrogen (secondary N) is 1. The van der Waals surface area contributed by atoms with Gasteiger partial charge in [-0.15, -0.1) is 0 Å². The van der Waals surface area contributed by atoms with E-state index in [-0.39, 0.29) is 11.5 Å². The number of nitrogens with zero attached hydrogens (tertiary/aromatic N) is 6. The molecule has 4 rings (SSSR count). The third-order valence-corrected chi connectivity index (χ3v) is 5.40. The number of carboxylic acid groups (broad SMARTS) is 1. The third-order valence-electron chi connectivity index (χ3n) is 5.40. The minimum absolute atomic E-state index is 0.330. The van der Waals surface area contributed by atoms with E-state index in [0.717, 1.165) is 23.5 Å². The van der Waals surface area contributed by atoms with Crippen LogP contribution < -0.4 is 5.32 Å². The fourth-order valence-electron chi connectivity index (χ4n) is 3.91. The molecule has 1 saturated carbocycles. The molecule has 28 heavy (non-hydrogen) atoms. The first-order chi connectivity index (χ1) is 13.4. The first-order valence-corrected chi connectivity index (χ1v) is 9.41. The molecule has 0 amide bonds. The maximum Gasteiger partial charge on any atom is 0.306 e. The molecule has 9 nitrogen and oxygen atoms in total. The summed E-state index contributed by atoms with van der Waals surface area (Å²) in [6, 6.07) is 0. The molecule has 3 aromatic rings. The lowest BCUT2D eigenvalue weighted by atomic mass is 9.98. The summed E-state index contributed by atoms with van der Waals surface area (Å²) in [5.74, 6) is 0.992. The SMILES string of the molecule is CCn1c(-c2cnc(C)nc2)nc2c(N[C@@]3(C)CC[C@H](C(=O)O)C3)ncnc21. The Morgan fingerprint density at radius 1 is 1.32 bits per heavy atom. The molecule has 0 spiro atoms. The van der Waals surface area contributed by atoms with Gasteiger partial charge in [-0.1, -0.05) is 0 Å². The zero-order valence-electron chi connectivity index (χ0n) is 16.2. The molecule has 1 aliphatic rings. The lowest BCUT2D eigenvalue weighted by molar-refractivity contribution is -0.141. The fraction of sp³-hybridized carbons (Fsp3) is 0.474. The third kappa shape index (κ3) is 3.17. The van der Waals surface area contributed by atoms with Gasteiger partial charge in [0.1, 0.15) is 18.0 Å². The Labute approximate surface area is 162 Å². The van der Waals surface area contributed by atoms with Gasteiger partial charge in [-0.25, -0.2) is 24.9 Å². The van der Waals surface area contributed by atoms with Gasteiger partial charge in [0.15, 0.2) is 17.0 Å². The zero-order chi connectivity index (χ0) is 19.9. The largest absolute Gasteiger partial charge is 0.481 e. The zero-order valence-corrected chi connectivity index (χ0v) is 16.2. The van der Waals surface area contributed by atoms with E-state index in [1.807, 2.05) is 25.3 Å². The van der Waals surface area contributed by atoms with E-state index in [4.69, 9.17) is 4.98 Å². The van der Waals surface area contributed by atoms with Crippen LogP contribution in [0, 0.1) is 12.8 Å². The van der Waals surface area contributed by atoms with Crippen molar-refractivity contribution < 1.29 is 9.90 Å². The highest BCUT2D eigenvalue weighted by atomic mass is 16.4. The Morgan fingerprint density at radius 3 is 2.71 bits per heavy atom. The Hall–Kier alpha value is -3.10. The predicted molar refractivity (Wildman–Crippen MR) is 104 cm³/mol. The van der Waals surface area contributed by atoms with Crippen molar-refractivity contribution in [3.05, 3.63) is 24.5 Å². The summed E-state index contributed by atoms with van der Waals surface area (Å²) >= 11 is 0. The van der Waals surface area contributed by atoms with E-state index in [1.165, 1.54) is 6.33 Å². The summed E-state index contributed by atoms with van der Waals surface area (Å²) in [5, 5.41) is 12.8. The van der Waals surface area contributed by atoms with Crippen LogP contribution in [0.25, 0.3) is 22.6 Å². The van der Waals surface area contributed by atoms with Gasteiger partial charge >= 0.3 is 5.97 Å². The lowest BCUT2D eigenvalue weighted by Gasteiger charge is -2.26. The molecular formula is C19H23N7O2. The van der Waals surface area contributed by atoms with E-state index < -0.39 is 5.97 Å². The highest BCUT2D eigenvalue weighted by molar-refractivity contribution is 5.86. The number of hydrogen-bond donors (Lipinski definition) is 2. The minimum atomic E-state index is -0.740. The second-order valence-electron chi connectivity index (χ2n) is 7.56. The van der Waals surface area contributed by atoms with Gasteiger partial charge < -0.3 is 15.0 Å². The van der Waals surface area contributed by atoms with Crippen LogP contribution in [0.15, 0.2) is 18.7 Å². The van der Waals surface area contributed by atoms with Crippen molar-refractivity contribution in [3.8, 4) is 11.4 Å². The number of aryl methyl sites for hydroxylation is 2. The molecule has 0 unspecified atom stereocenters. The van der Waals surface area contributed by atoms with Gasteiger partial charge in [-0.2, -0.15) is 0 Å². The van der Waals surface area contributed by atoms with Crippen molar-refractivity contribution in [2.24, 2.45) is 5.92 Å². The number of carbonyl (C=O) groups is 1. The van der Waals surface area contributed by atoms with Crippen LogP contribution in [0.4, 0.5) is 5.82 Å². The summed E-state index contributed by atoms with van der Waals surface area (Å²) in [6.07, 6.45) is 7.00. The Bertz CT molecular complexity index is 1030. The average Bonchev–Trinajstić information content (AvgIpc) is 3.24. The van der Waals surface area contributed by atoms with Gasteiger partial charge in [0.25, 0.3) is 0 Å². The monoisotopic (exact) mass is 381 g/mol. The number of hydrogen-bond acceptors (Lipinski definition) is 7. The topological polar surface area (TPSA) is 119 Å². The number of rotatable bonds is 5. The van der Waals surface area contributed by atoms with Crippen LogP contribution in [0.5, 0.6) is 0 Å². The number of imidazole rings is 1. The first-order valence-electron chi connectivity index (χ1n) is 9.41. The lowest BCUT2D eigenvalue weighted by Crippen LogP contribution is -2.32. The molecule has 146 valence electrons. The molecule has 2 atom stereocenters. The molecule has 0 radical (unpaired) electrons. The van der Waals surface area contributed by atoms with Crippen molar-refractivity contribution in [2.45, 2.75) is 52.1 Å². The average molecular weight is 381 g/mol. The van der Waals surface area contributed by atoms with E-state index in [0.29, 0.717) is 36.5 Å². The van der Waals surface area contributed by atoms with Crippen LogP contribution >= 0.6 is 0 Å². The molecular weight excluding hydrogens is 358 g/mol. The van der Waals surface area contributed by atoms with E-state index in [9.17, 15) is 9.90 Å². The van der Waals surface area contributed by atoms with Gasteiger partial charge in [0.2, 0.25) is 0 Å². The van der Waals surface area contributed by atoms with Crippen LogP contribution in [-0.2, 0) is 11.3 Å². The van der Waals surface area contributed by atoms with Gasteiger partial charge in [0.05, 0.1) is 11.5 Å². The van der Waals surface area contributed by atoms with Crippen molar-refractivity contribution >= 4 is 23.0 Å². The van der Waals surface area contributed by atoms with Gasteiger partial charge in [-0.05, 0) is 40.0 Å². The summed E-state index contributed by atoms with van der Waals surface area (Å²) in [4.78, 5) is 33.5. The Balaban J connectivity index is 1.74. The van der Waals surface area contributed by atoms with Crippen molar-refractivity contribution in [1.82, 2.24) is 29.5 Å². The van der Waals surface area contributed by atoms with Crippen LogP contribution in [0.3, 0.4) is 0 Å². The fourth-order valence-corrected chi connectivity index (χ4v) is 3.91. The summed E-state index contributed by atoms with van der Waals surface area (Å²) < 4.78 is 2.01. The molecule has 2 N–H and O–H groups in total. The summed E-state index contributed by atoms with van der Waals surface area (Å²) in [5.41, 5.74) is 1.87. The first kappa shape index (κ1) is 18.3. The van der Waals surface area contributed by atoms with Crippen LogP contribution in [0.2, 0.25) is 0 Å². The number of carboxylic acids is 1. The molecule has 9 heteroatoms. The molecule has 0 bridgehead atoms. The highest BCUT2D eigenvalue weighted by Crippen LogP contribution is 2.38. The Kier molecular flexibility index (Phi) is 4.44. The Morgan fingerprint density at radius 2 is 2.07 bits per heavy atom. The normalized spacial score (nSPS) is 21.9. The van der Waals surface area contributed by atoms with E-state index in [2.05, 4.69) is 25.3 Å². The molecule has 1 fully saturated rings. The maximum atomic E-state index is 11.3. The number of aliphatic carboxylic acids is 1. The molecule has 3 aromatic heterocycles. The van der Waals surface area contributed by atoms with Gasteiger partial charge in [0, 0.05) is 24.5 Å². The number of aromatic nitrogens is 6. The van der Waals surface area contributed by atoms with Crippen LogP contribution in [0.1, 0.15) is 38.9 Å². The molecule has 3 heterocycles. The standard InChI is InChI=1S/C19H23N7O2/c1-4-26-16(13-8-20-11(2)21-9-13)24-14-15(22-10-23-17(14)26)25-19(3)6-5-12(7-19)18(27)28/h8-10,12H,4-7H2,1-3H3,(H,27,28)(H,22,23,25)/t12-,19-/m0/s1. The minimum Gasteiger partial charge on any atom is -0.481 e. The van der Waals surface area contributed by atoms with Gasteiger partial charge in [-0.3, -0.25) is 4.79 Å². The molecule has 0 aliphatic heterocycles. The quantitative estimate of drug-likeness (QED) is 0.692. The van der Waals surface area contributed by atoms with Crippen molar-refractivity contribution in [3.63, 3.8) is 0 Å². The molecule has 1 aliphatic carbocycles.